The second-order valence-corrected chi connectivity index (χ2v) is 8.39. The van der Waals surface area contributed by atoms with Crippen molar-refractivity contribution in [3.05, 3.63) is 60.2 Å². The zero-order valence-electron chi connectivity index (χ0n) is 19.8. The van der Waals surface area contributed by atoms with Crippen molar-refractivity contribution < 1.29 is 55.6 Å². The standard InChI is InChI=1S/C19H23N3O2.2C2HF3O2/c1-2-8-21-17(5-1)12-22-14-19(15-22)10-18(6-9-24-19)23-13-16-4-3-7-20-11-16;2*3-2(4,5)1(6)7/h1-5,7-8,11,18H,6,9-10,12-15H2;2*(H,6,7). The first-order valence-corrected chi connectivity index (χ1v) is 11.1. The third-order valence-electron chi connectivity index (χ3n) is 5.28. The maximum absolute atomic E-state index is 10.6. The van der Waals surface area contributed by atoms with Crippen LogP contribution >= 0.6 is 0 Å². The minimum Gasteiger partial charge on any atom is -0.475 e. The molecule has 0 bridgehead atoms. The van der Waals surface area contributed by atoms with Crippen molar-refractivity contribution in [3.8, 4) is 0 Å². The van der Waals surface area contributed by atoms with Crippen molar-refractivity contribution in [1.82, 2.24) is 14.9 Å². The second kappa shape index (κ2) is 13.5. The lowest BCUT2D eigenvalue weighted by molar-refractivity contribution is -0.200. The number of likely N-dealkylation sites (tertiary alicyclic amines) is 1. The van der Waals surface area contributed by atoms with Crippen LogP contribution in [0.3, 0.4) is 0 Å². The molecule has 0 aromatic carbocycles. The van der Waals surface area contributed by atoms with Crippen molar-refractivity contribution in [2.45, 2.75) is 50.1 Å². The Bertz CT molecular complexity index is 994. The number of rotatable bonds is 5. The fourth-order valence-electron chi connectivity index (χ4n) is 3.64. The number of pyridine rings is 2. The third-order valence-corrected chi connectivity index (χ3v) is 5.28. The van der Waals surface area contributed by atoms with Crippen LogP contribution in [0.15, 0.2) is 48.9 Å². The summed E-state index contributed by atoms with van der Waals surface area (Å²) in [6.45, 7) is 4.25. The van der Waals surface area contributed by atoms with Gasteiger partial charge in [-0.1, -0.05) is 12.1 Å². The molecule has 2 fully saturated rings. The Labute approximate surface area is 213 Å². The number of aromatic nitrogens is 2. The predicted octanol–water partition coefficient (Wildman–Crippen LogP) is 3.69. The van der Waals surface area contributed by atoms with Crippen molar-refractivity contribution in [3.63, 3.8) is 0 Å². The van der Waals surface area contributed by atoms with E-state index in [0.29, 0.717) is 6.61 Å². The summed E-state index contributed by atoms with van der Waals surface area (Å²) in [6.07, 6.45) is -2.43. The van der Waals surface area contributed by atoms with E-state index < -0.39 is 24.3 Å². The van der Waals surface area contributed by atoms with Crippen LogP contribution < -0.4 is 0 Å². The van der Waals surface area contributed by atoms with E-state index in [0.717, 1.165) is 50.3 Å². The number of aliphatic carboxylic acids is 2. The highest BCUT2D eigenvalue weighted by Gasteiger charge is 2.47. The molecule has 210 valence electrons. The van der Waals surface area contributed by atoms with Gasteiger partial charge in [-0.05, 0) is 30.2 Å². The molecule has 4 heterocycles. The van der Waals surface area contributed by atoms with Gasteiger partial charge in [-0.2, -0.15) is 26.3 Å². The molecule has 1 spiro atoms. The summed E-state index contributed by atoms with van der Waals surface area (Å²) in [5, 5.41) is 14.2. The molecule has 0 saturated carbocycles. The van der Waals surface area contributed by atoms with Crippen LogP contribution in [0.5, 0.6) is 0 Å². The molecule has 4 rings (SSSR count). The van der Waals surface area contributed by atoms with Crippen molar-refractivity contribution in [2.24, 2.45) is 0 Å². The monoisotopic (exact) mass is 553 g/mol. The number of carboxylic acid groups (broad SMARTS) is 2. The van der Waals surface area contributed by atoms with Gasteiger partial charge in [0.2, 0.25) is 0 Å². The Morgan fingerprint density at radius 1 is 1.03 bits per heavy atom. The minimum absolute atomic E-state index is 0.0212. The van der Waals surface area contributed by atoms with Gasteiger partial charge in [-0.3, -0.25) is 14.9 Å². The number of carboxylic acids is 2. The average Bonchev–Trinajstić information content (AvgIpc) is 2.83. The normalized spacial score (nSPS) is 18.7. The van der Waals surface area contributed by atoms with E-state index in [2.05, 4.69) is 27.0 Å². The highest BCUT2D eigenvalue weighted by Crippen LogP contribution is 2.36. The lowest BCUT2D eigenvalue weighted by Crippen LogP contribution is -2.65. The number of alkyl halides is 6. The smallest absolute Gasteiger partial charge is 0.475 e. The number of carbonyl (C=O) groups is 2. The van der Waals surface area contributed by atoms with Crippen LogP contribution in [0.4, 0.5) is 26.3 Å². The van der Waals surface area contributed by atoms with Gasteiger partial charge in [-0.15, -0.1) is 0 Å². The lowest BCUT2D eigenvalue weighted by atomic mass is 9.84. The van der Waals surface area contributed by atoms with E-state index in [1.807, 2.05) is 30.6 Å². The van der Waals surface area contributed by atoms with Crippen molar-refractivity contribution in [2.75, 3.05) is 19.7 Å². The topological polar surface area (TPSA) is 122 Å². The van der Waals surface area contributed by atoms with Gasteiger partial charge in [0.15, 0.2) is 0 Å². The summed E-state index contributed by atoms with van der Waals surface area (Å²) in [7, 11) is 0. The molecule has 0 amide bonds. The number of hydrogen-bond acceptors (Lipinski definition) is 7. The quantitative estimate of drug-likeness (QED) is 0.534. The molecule has 15 heteroatoms. The Kier molecular flexibility index (Phi) is 11.0. The van der Waals surface area contributed by atoms with Crippen LogP contribution in [-0.4, -0.2) is 80.8 Å². The Balaban J connectivity index is 0.000000301. The van der Waals surface area contributed by atoms with E-state index in [1.54, 1.807) is 6.20 Å². The van der Waals surface area contributed by atoms with Crippen LogP contribution in [0, 0.1) is 0 Å². The zero-order valence-corrected chi connectivity index (χ0v) is 19.8. The Morgan fingerprint density at radius 2 is 1.66 bits per heavy atom. The van der Waals surface area contributed by atoms with Crippen LogP contribution in [0.2, 0.25) is 0 Å². The molecule has 0 radical (unpaired) electrons. The molecule has 1 unspecified atom stereocenters. The summed E-state index contributed by atoms with van der Waals surface area (Å²) >= 11 is 0. The molecule has 2 saturated heterocycles. The molecular weight excluding hydrogens is 528 g/mol. The zero-order chi connectivity index (χ0) is 28.4. The molecule has 1 atom stereocenters. The Hall–Kier alpha value is -3.30. The summed E-state index contributed by atoms with van der Waals surface area (Å²) < 4.78 is 75.7. The lowest BCUT2D eigenvalue weighted by Gasteiger charge is -2.53. The first-order chi connectivity index (χ1) is 17.7. The fourth-order valence-corrected chi connectivity index (χ4v) is 3.64. The second-order valence-electron chi connectivity index (χ2n) is 8.39. The molecule has 2 aromatic rings. The van der Waals surface area contributed by atoms with E-state index in [-0.39, 0.29) is 11.7 Å². The largest absolute Gasteiger partial charge is 0.490 e. The van der Waals surface area contributed by atoms with Crippen LogP contribution in [0.25, 0.3) is 0 Å². The minimum atomic E-state index is -5.08. The molecule has 2 aliphatic rings. The summed E-state index contributed by atoms with van der Waals surface area (Å²) in [5.41, 5.74) is 2.23. The third kappa shape index (κ3) is 10.6. The molecule has 2 aromatic heterocycles. The van der Waals surface area contributed by atoms with Gasteiger partial charge in [0.05, 0.1) is 24.0 Å². The van der Waals surface area contributed by atoms with E-state index in [4.69, 9.17) is 29.3 Å². The molecule has 2 N–H and O–H groups in total. The molecular formula is C23H25F6N3O6. The molecule has 9 nitrogen and oxygen atoms in total. The summed E-state index contributed by atoms with van der Waals surface area (Å²) in [5.74, 6) is -5.51. The fraction of sp³-hybridized carbons (Fsp3) is 0.478. The van der Waals surface area contributed by atoms with Gasteiger partial charge < -0.3 is 19.7 Å². The van der Waals surface area contributed by atoms with Crippen LogP contribution in [0.1, 0.15) is 24.1 Å². The van der Waals surface area contributed by atoms with E-state index in [1.165, 1.54) is 0 Å². The Morgan fingerprint density at radius 3 is 2.16 bits per heavy atom. The number of ether oxygens (including phenoxy) is 2. The van der Waals surface area contributed by atoms with E-state index in [9.17, 15) is 26.3 Å². The maximum atomic E-state index is 10.6. The average molecular weight is 553 g/mol. The van der Waals surface area contributed by atoms with Gasteiger partial charge in [0.1, 0.15) is 0 Å². The number of hydrogen-bond donors (Lipinski definition) is 2. The van der Waals surface area contributed by atoms with Gasteiger partial charge in [-0.25, -0.2) is 9.59 Å². The molecule has 0 aliphatic carbocycles. The first-order valence-electron chi connectivity index (χ1n) is 11.1. The molecule has 2 aliphatic heterocycles. The number of nitrogens with zero attached hydrogens (tertiary/aromatic N) is 3. The van der Waals surface area contributed by atoms with Gasteiger partial charge in [0.25, 0.3) is 0 Å². The summed E-state index contributed by atoms with van der Waals surface area (Å²) in [4.78, 5) is 28.7. The first kappa shape index (κ1) is 30.9. The van der Waals surface area contributed by atoms with E-state index >= 15 is 0 Å². The summed E-state index contributed by atoms with van der Waals surface area (Å²) in [6, 6.07) is 10.1. The SMILES string of the molecule is O=C(O)C(F)(F)F.O=C(O)C(F)(F)F.c1ccc(CN2CC3(CC(OCc4cccnc4)CCO3)C2)nc1. The van der Waals surface area contributed by atoms with Crippen LogP contribution in [-0.2, 0) is 32.2 Å². The number of halogens is 6. The maximum Gasteiger partial charge on any atom is 0.490 e. The predicted molar refractivity (Wildman–Crippen MR) is 118 cm³/mol. The van der Waals surface area contributed by atoms with Gasteiger partial charge >= 0.3 is 24.3 Å². The molecule has 38 heavy (non-hydrogen) atoms. The highest BCUT2D eigenvalue weighted by atomic mass is 19.4. The van der Waals surface area contributed by atoms with Crippen molar-refractivity contribution >= 4 is 11.9 Å². The van der Waals surface area contributed by atoms with Crippen molar-refractivity contribution in [1.29, 1.82) is 0 Å². The highest BCUT2D eigenvalue weighted by molar-refractivity contribution is 5.73. The van der Waals surface area contributed by atoms with Gasteiger partial charge in [0, 0.05) is 51.3 Å².